The highest BCUT2D eigenvalue weighted by Gasteiger charge is 2.60. The summed E-state index contributed by atoms with van der Waals surface area (Å²) in [5.74, 6) is 1.29. The van der Waals surface area contributed by atoms with Gasteiger partial charge in [-0.2, -0.15) is 0 Å². The van der Waals surface area contributed by atoms with E-state index in [1.165, 1.54) is 14.2 Å². The first-order valence-corrected chi connectivity index (χ1v) is 11.5. The molecule has 0 unspecified atom stereocenters. The molecule has 8 heteroatoms. The number of aliphatic hydroxyl groups is 3. The standard InChI is InChI=1S/C26H31NO7/c1-32-15-6-4-14(5-7-15)13-27-11-10-26-12-17(28)23(30)25(34-3)20(26)21(27)22(29)16-8-9-18(33-2)24(31)19(16)26/h4-9,17,21-23,28-31H,10-13H2,1-3H3/t17-,21-,22+,23-,26-/m0/s1. The number of piperidine rings is 1. The van der Waals surface area contributed by atoms with E-state index in [0.717, 1.165) is 16.9 Å². The van der Waals surface area contributed by atoms with Crippen LogP contribution in [0.2, 0.25) is 0 Å². The minimum Gasteiger partial charge on any atom is -0.504 e. The molecule has 0 saturated carbocycles. The smallest absolute Gasteiger partial charge is 0.162 e. The van der Waals surface area contributed by atoms with E-state index in [1.54, 1.807) is 19.2 Å². The van der Waals surface area contributed by atoms with Gasteiger partial charge in [-0.05, 0) is 42.2 Å². The zero-order valence-corrected chi connectivity index (χ0v) is 19.6. The molecule has 1 aliphatic heterocycles. The van der Waals surface area contributed by atoms with Crippen LogP contribution < -0.4 is 9.47 Å². The highest BCUT2D eigenvalue weighted by atomic mass is 16.5. The summed E-state index contributed by atoms with van der Waals surface area (Å²) >= 11 is 0. The molecule has 34 heavy (non-hydrogen) atoms. The third kappa shape index (κ3) is 3.20. The van der Waals surface area contributed by atoms with Crippen molar-refractivity contribution in [3.8, 4) is 17.2 Å². The second-order valence-electron chi connectivity index (χ2n) is 9.32. The molecule has 1 fully saturated rings. The number of methoxy groups -OCH3 is 3. The lowest BCUT2D eigenvalue weighted by molar-refractivity contribution is -0.0536. The summed E-state index contributed by atoms with van der Waals surface area (Å²) in [5, 5.41) is 44.5. The average molecular weight is 470 g/mol. The molecule has 1 saturated heterocycles. The van der Waals surface area contributed by atoms with Crippen molar-refractivity contribution in [2.24, 2.45) is 0 Å². The molecule has 5 atom stereocenters. The quantitative estimate of drug-likeness (QED) is 0.526. The fourth-order valence-corrected chi connectivity index (χ4v) is 6.23. The molecule has 0 amide bonds. The van der Waals surface area contributed by atoms with E-state index in [0.29, 0.717) is 36.4 Å². The highest BCUT2D eigenvalue weighted by molar-refractivity contribution is 5.63. The van der Waals surface area contributed by atoms with E-state index in [9.17, 15) is 20.4 Å². The average Bonchev–Trinajstić information content (AvgIpc) is 2.84. The molecule has 0 aromatic heterocycles. The lowest BCUT2D eigenvalue weighted by Crippen LogP contribution is -2.61. The van der Waals surface area contributed by atoms with Gasteiger partial charge in [0.05, 0.1) is 39.6 Å². The third-order valence-corrected chi connectivity index (χ3v) is 7.74. The molecule has 2 aromatic carbocycles. The summed E-state index contributed by atoms with van der Waals surface area (Å²) in [4.78, 5) is 2.17. The number of ether oxygens (including phenoxy) is 3. The van der Waals surface area contributed by atoms with Gasteiger partial charge in [-0.25, -0.2) is 0 Å². The van der Waals surface area contributed by atoms with Crippen molar-refractivity contribution in [3.63, 3.8) is 0 Å². The largest absolute Gasteiger partial charge is 0.504 e. The molecule has 5 rings (SSSR count). The van der Waals surface area contributed by atoms with Crippen molar-refractivity contribution < 1.29 is 34.6 Å². The van der Waals surface area contributed by atoms with Crippen LogP contribution >= 0.6 is 0 Å². The molecule has 2 aromatic rings. The zero-order valence-electron chi connectivity index (χ0n) is 19.6. The summed E-state index contributed by atoms with van der Waals surface area (Å²) in [6.45, 7) is 1.19. The van der Waals surface area contributed by atoms with Crippen LogP contribution in [-0.2, 0) is 16.7 Å². The van der Waals surface area contributed by atoms with Gasteiger partial charge in [0.1, 0.15) is 17.6 Å². The monoisotopic (exact) mass is 469 g/mol. The maximum atomic E-state index is 11.6. The van der Waals surface area contributed by atoms with Crippen molar-refractivity contribution in [3.05, 3.63) is 64.4 Å². The van der Waals surface area contributed by atoms with Gasteiger partial charge in [-0.1, -0.05) is 18.2 Å². The molecule has 2 aliphatic carbocycles. The Hall–Kier alpha value is -2.78. The van der Waals surface area contributed by atoms with E-state index >= 15 is 0 Å². The van der Waals surface area contributed by atoms with Gasteiger partial charge in [0.15, 0.2) is 11.5 Å². The van der Waals surface area contributed by atoms with Gasteiger partial charge < -0.3 is 34.6 Å². The van der Waals surface area contributed by atoms with Gasteiger partial charge in [0.2, 0.25) is 0 Å². The van der Waals surface area contributed by atoms with Gasteiger partial charge in [-0.15, -0.1) is 0 Å². The number of likely N-dealkylation sites (tertiary alicyclic amines) is 1. The van der Waals surface area contributed by atoms with Crippen molar-refractivity contribution in [1.82, 2.24) is 4.90 Å². The fourth-order valence-electron chi connectivity index (χ4n) is 6.23. The fraction of sp³-hybridized carbons (Fsp3) is 0.462. The van der Waals surface area contributed by atoms with Gasteiger partial charge in [-0.3, -0.25) is 4.90 Å². The van der Waals surface area contributed by atoms with E-state index in [4.69, 9.17) is 14.2 Å². The predicted octanol–water partition coefficient (Wildman–Crippen LogP) is 1.99. The van der Waals surface area contributed by atoms with Crippen LogP contribution in [0.3, 0.4) is 0 Å². The molecule has 2 bridgehead atoms. The van der Waals surface area contributed by atoms with E-state index in [2.05, 4.69) is 4.90 Å². The maximum absolute atomic E-state index is 11.6. The van der Waals surface area contributed by atoms with Crippen LogP contribution in [0.4, 0.5) is 0 Å². The molecular weight excluding hydrogens is 438 g/mol. The number of hydrogen-bond donors (Lipinski definition) is 4. The Morgan fingerprint density at radius 2 is 1.68 bits per heavy atom. The number of phenolic OH excluding ortho intramolecular Hbond substituents is 1. The Morgan fingerprint density at radius 3 is 2.32 bits per heavy atom. The van der Waals surface area contributed by atoms with Crippen molar-refractivity contribution in [2.75, 3.05) is 27.9 Å². The number of fused-ring (bicyclic) bond motifs is 1. The minimum atomic E-state index is -1.21. The van der Waals surface area contributed by atoms with Gasteiger partial charge in [0.25, 0.3) is 0 Å². The molecule has 3 aliphatic rings. The van der Waals surface area contributed by atoms with Crippen LogP contribution in [0, 0.1) is 0 Å². The number of hydrogen-bond acceptors (Lipinski definition) is 8. The SMILES string of the molecule is COC1=C2[C@H]3[C@H](O)c4ccc(OC)c(O)c4[C@]2(CCN3Cc2ccc(OC)cc2)C[C@H](O)[C@@H]1O. The van der Waals surface area contributed by atoms with Crippen LogP contribution in [0.1, 0.15) is 35.6 Å². The highest BCUT2D eigenvalue weighted by Crippen LogP contribution is 2.61. The number of aromatic hydroxyl groups is 1. The molecule has 182 valence electrons. The van der Waals surface area contributed by atoms with Crippen molar-refractivity contribution in [2.45, 2.75) is 49.2 Å². The summed E-state index contributed by atoms with van der Waals surface area (Å²) in [7, 11) is 4.57. The number of phenols is 1. The summed E-state index contributed by atoms with van der Waals surface area (Å²) < 4.78 is 16.3. The first kappa shape index (κ1) is 23.0. The van der Waals surface area contributed by atoms with Gasteiger partial charge in [0, 0.05) is 29.6 Å². The van der Waals surface area contributed by atoms with Crippen LogP contribution in [0.5, 0.6) is 17.2 Å². The number of aliphatic hydroxyl groups excluding tert-OH is 3. The molecule has 0 spiro atoms. The normalized spacial score (nSPS) is 30.4. The lowest BCUT2D eigenvalue weighted by Gasteiger charge is -2.58. The Balaban J connectivity index is 1.69. The summed E-state index contributed by atoms with van der Waals surface area (Å²) in [6.07, 6.45) is -2.46. The summed E-state index contributed by atoms with van der Waals surface area (Å²) in [5.41, 5.74) is 2.13. The lowest BCUT2D eigenvalue weighted by atomic mass is 9.54. The van der Waals surface area contributed by atoms with Gasteiger partial charge >= 0.3 is 0 Å². The van der Waals surface area contributed by atoms with Crippen molar-refractivity contribution >= 4 is 0 Å². The molecule has 0 radical (unpaired) electrons. The van der Waals surface area contributed by atoms with Crippen LogP contribution in [0.15, 0.2) is 47.7 Å². The van der Waals surface area contributed by atoms with E-state index < -0.39 is 29.8 Å². The van der Waals surface area contributed by atoms with Crippen molar-refractivity contribution in [1.29, 1.82) is 0 Å². The topological polar surface area (TPSA) is 112 Å². The number of nitrogens with zero attached hydrogens (tertiary/aromatic N) is 1. The first-order chi connectivity index (χ1) is 16.4. The number of rotatable bonds is 5. The Bertz CT molecular complexity index is 1110. The number of benzene rings is 2. The summed E-state index contributed by atoms with van der Waals surface area (Å²) in [6, 6.07) is 10.7. The second kappa shape index (κ2) is 8.46. The third-order valence-electron chi connectivity index (χ3n) is 7.74. The molecule has 4 N–H and O–H groups in total. The Morgan fingerprint density at radius 1 is 0.941 bits per heavy atom. The first-order valence-electron chi connectivity index (χ1n) is 11.5. The Labute approximate surface area is 198 Å². The molecule has 1 heterocycles. The maximum Gasteiger partial charge on any atom is 0.162 e. The second-order valence-corrected chi connectivity index (χ2v) is 9.32. The molecular formula is C26H31NO7. The van der Waals surface area contributed by atoms with E-state index in [-0.39, 0.29) is 17.9 Å². The minimum absolute atomic E-state index is 0.0438. The van der Waals surface area contributed by atoms with E-state index in [1.807, 2.05) is 24.3 Å². The predicted molar refractivity (Wildman–Crippen MR) is 124 cm³/mol. The van der Waals surface area contributed by atoms with Crippen LogP contribution in [-0.4, -0.2) is 71.4 Å². The molecule has 8 nitrogen and oxygen atoms in total. The zero-order chi connectivity index (χ0) is 24.2. The van der Waals surface area contributed by atoms with Crippen LogP contribution in [0.25, 0.3) is 0 Å². The Kier molecular flexibility index (Phi) is 5.72.